The van der Waals surface area contributed by atoms with Gasteiger partial charge in [-0.15, -0.1) is 0 Å². The van der Waals surface area contributed by atoms with Gasteiger partial charge in [-0.3, -0.25) is 14.8 Å². The molecule has 0 spiro atoms. The molecule has 4 aromatic rings. The van der Waals surface area contributed by atoms with Crippen molar-refractivity contribution in [2.75, 3.05) is 0 Å². The van der Waals surface area contributed by atoms with E-state index in [1.165, 1.54) is 0 Å². The maximum absolute atomic E-state index is 13.3. The minimum atomic E-state index is -0.138. The third-order valence-electron chi connectivity index (χ3n) is 5.51. The second-order valence-electron chi connectivity index (χ2n) is 8.76. The first-order chi connectivity index (χ1) is 14.8. The van der Waals surface area contributed by atoms with Gasteiger partial charge in [0.05, 0.1) is 29.4 Å². The van der Waals surface area contributed by atoms with Gasteiger partial charge >= 0.3 is 0 Å². The Balaban J connectivity index is 1.81. The largest absolute Gasteiger partial charge is 0.349 e. The molecule has 7 heteroatoms. The number of fused-ring (bicyclic) bond motifs is 1. The van der Waals surface area contributed by atoms with Crippen molar-refractivity contribution >= 4 is 16.9 Å². The van der Waals surface area contributed by atoms with E-state index in [-0.39, 0.29) is 17.4 Å². The predicted molar refractivity (Wildman–Crippen MR) is 120 cm³/mol. The number of nitrogens with zero attached hydrogens (tertiary/aromatic N) is 5. The van der Waals surface area contributed by atoms with Gasteiger partial charge in [0.25, 0.3) is 5.91 Å². The monoisotopic (exact) mass is 414 g/mol. The molecule has 0 bridgehead atoms. The van der Waals surface area contributed by atoms with Crippen molar-refractivity contribution in [3.63, 3.8) is 0 Å². The van der Waals surface area contributed by atoms with Gasteiger partial charge < -0.3 is 5.32 Å². The fourth-order valence-electron chi connectivity index (χ4n) is 3.17. The van der Waals surface area contributed by atoms with Crippen LogP contribution in [0, 0.1) is 5.41 Å². The van der Waals surface area contributed by atoms with Crippen LogP contribution in [0.2, 0.25) is 0 Å². The first kappa shape index (κ1) is 20.7. The Kier molecular flexibility index (Phi) is 5.50. The summed E-state index contributed by atoms with van der Waals surface area (Å²) < 4.78 is 1.80. The topological polar surface area (TPSA) is 85.6 Å². The number of carbonyl (C=O) groups excluding carboxylic acids is 1. The first-order valence-electron chi connectivity index (χ1n) is 10.3. The van der Waals surface area contributed by atoms with Gasteiger partial charge in [-0.2, -0.15) is 5.10 Å². The van der Waals surface area contributed by atoms with E-state index in [0.29, 0.717) is 23.4 Å². The predicted octanol–water partition coefficient (Wildman–Crippen LogP) is 4.10. The quantitative estimate of drug-likeness (QED) is 0.531. The molecule has 4 aromatic heterocycles. The van der Waals surface area contributed by atoms with Crippen molar-refractivity contribution in [2.45, 2.75) is 40.3 Å². The molecular weight excluding hydrogens is 388 g/mol. The highest BCUT2D eigenvalue weighted by molar-refractivity contribution is 6.06. The summed E-state index contributed by atoms with van der Waals surface area (Å²) in [6.07, 6.45) is 8.71. The van der Waals surface area contributed by atoms with Crippen molar-refractivity contribution in [2.24, 2.45) is 5.41 Å². The number of rotatable bonds is 5. The minimum absolute atomic E-state index is 0.00417. The molecule has 0 aliphatic carbocycles. The molecule has 0 unspecified atom stereocenters. The Labute approximate surface area is 181 Å². The average molecular weight is 415 g/mol. The van der Waals surface area contributed by atoms with Crippen molar-refractivity contribution < 1.29 is 4.79 Å². The first-order valence-corrected chi connectivity index (χ1v) is 10.3. The average Bonchev–Trinajstić information content (AvgIpc) is 3.16. The van der Waals surface area contributed by atoms with Gasteiger partial charge in [-0.25, -0.2) is 9.67 Å². The fraction of sp³-hybridized carbons (Fsp3) is 0.292. The smallest absolute Gasteiger partial charge is 0.252 e. The summed E-state index contributed by atoms with van der Waals surface area (Å²) in [4.78, 5) is 26.5. The standard InChI is InChI=1S/C24H26N6O/c1-16(24(2,3)4)28-23(31)19-11-21(18-8-6-10-26-13-18)29-22-20(19)14-27-30(22)15-17-7-5-9-25-12-17/h5-14,16H,15H2,1-4H3,(H,28,31)/t16-/m1/s1. The number of pyridine rings is 3. The van der Waals surface area contributed by atoms with Gasteiger partial charge in [0.2, 0.25) is 0 Å². The molecule has 158 valence electrons. The van der Waals surface area contributed by atoms with Crippen LogP contribution in [0.15, 0.2) is 61.3 Å². The van der Waals surface area contributed by atoms with Crippen LogP contribution in [-0.4, -0.2) is 36.7 Å². The summed E-state index contributed by atoms with van der Waals surface area (Å²) in [6.45, 7) is 8.84. The van der Waals surface area contributed by atoms with Crippen LogP contribution in [0.3, 0.4) is 0 Å². The molecule has 7 nitrogen and oxygen atoms in total. The van der Waals surface area contributed by atoms with Crippen LogP contribution >= 0.6 is 0 Å². The SMILES string of the molecule is C[C@@H](NC(=O)c1cc(-c2cccnc2)nc2c1cnn2Cc1cccnc1)C(C)(C)C. The number of hydrogen-bond donors (Lipinski definition) is 1. The van der Waals surface area contributed by atoms with E-state index in [1.54, 1.807) is 35.7 Å². The van der Waals surface area contributed by atoms with Gasteiger partial charge in [0, 0.05) is 36.4 Å². The molecule has 0 aliphatic rings. The van der Waals surface area contributed by atoms with Crippen LogP contribution in [0.4, 0.5) is 0 Å². The second-order valence-corrected chi connectivity index (χ2v) is 8.76. The lowest BCUT2D eigenvalue weighted by Crippen LogP contribution is -2.41. The molecule has 1 amide bonds. The summed E-state index contributed by atoms with van der Waals surface area (Å²) in [5.74, 6) is -0.138. The highest BCUT2D eigenvalue weighted by atomic mass is 16.1. The molecule has 0 radical (unpaired) electrons. The van der Waals surface area contributed by atoms with Gasteiger partial charge in [-0.1, -0.05) is 26.8 Å². The normalized spacial score (nSPS) is 12.6. The van der Waals surface area contributed by atoms with Crippen molar-refractivity contribution in [3.8, 4) is 11.3 Å². The molecule has 0 aromatic carbocycles. The molecule has 0 aliphatic heterocycles. The molecule has 1 atom stereocenters. The Morgan fingerprint density at radius 1 is 1.10 bits per heavy atom. The maximum atomic E-state index is 13.3. The summed E-state index contributed by atoms with van der Waals surface area (Å²) in [7, 11) is 0. The fourth-order valence-corrected chi connectivity index (χ4v) is 3.17. The Bertz CT molecular complexity index is 1200. The molecule has 31 heavy (non-hydrogen) atoms. The summed E-state index contributed by atoms with van der Waals surface area (Å²) >= 11 is 0. The number of aromatic nitrogens is 5. The van der Waals surface area contributed by atoms with Crippen LogP contribution in [0.5, 0.6) is 0 Å². The van der Waals surface area contributed by atoms with E-state index >= 15 is 0 Å². The molecule has 1 N–H and O–H groups in total. The lowest BCUT2D eigenvalue weighted by Gasteiger charge is -2.28. The molecular formula is C24H26N6O. The lowest BCUT2D eigenvalue weighted by molar-refractivity contribution is 0.0912. The van der Waals surface area contributed by atoms with Crippen LogP contribution in [0.25, 0.3) is 22.3 Å². The number of carbonyl (C=O) groups is 1. The molecule has 0 saturated heterocycles. The zero-order chi connectivity index (χ0) is 22.0. The van der Waals surface area contributed by atoms with Gasteiger partial charge in [0.15, 0.2) is 5.65 Å². The highest BCUT2D eigenvalue weighted by Gasteiger charge is 2.24. The minimum Gasteiger partial charge on any atom is -0.349 e. The highest BCUT2D eigenvalue weighted by Crippen LogP contribution is 2.26. The van der Waals surface area contributed by atoms with E-state index in [2.05, 4.69) is 41.2 Å². The molecule has 4 heterocycles. The molecule has 0 fully saturated rings. The zero-order valence-corrected chi connectivity index (χ0v) is 18.2. The number of nitrogens with one attached hydrogen (secondary N) is 1. The van der Waals surface area contributed by atoms with Crippen LogP contribution in [-0.2, 0) is 6.54 Å². The second kappa shape index (κ2) is 8.26. The third kappa shape index (κ3) is 4.45. The molecule has 0 saturated carbocycles. The Morgan fingerprint density at radius 2 is 1.84 bits per heavy atom. The summed E-state index contributed by atoms with van der Waals surface area (Å²) in [5.41, 5.74) is 3.68. The van der Waals surface area contributed by atoms with E-state index in [1.807, 2.05) is 37.3 Å². The lowest BCUT2D eigenvalue weighted by atomic mass is 9.88. The van der Waals surface area contributed by atoms with Crippen LogP contribution < -0.4 is 5.32 Å². The van der Waals surface area contributed by atoms with Crippen molar-refractivity contribution in [3.05, 3.63) is 72.4 Å². The third-order valence-corrected chi connectivity index (χ3v) is 5.51. The van der Waals surface area contributed by atoms with Crippen molar-refractivity contribution in [1.82, 2.24) is 30.0 Å². The molecule has 4 rings (SSSR count). The maximum Gasteiger partial charge on any atom is 0.252 e. The Hall–Kier alpha value is -3.61. The number of amides is 1. The Morgan fingerprint density at radius 3 is 2.48 bits per heavy atom. The van der Waals surface area contributed by atoms with E-state index < -0.39 is 0 Å². The summed E-state index contributed by atoms with van der Waals surface area (Å²) in [5, 5.41) is 8.38. The van der Waals surface area contributed by atoms with Crippen LogP contribution in [0.1, 0.15) is 43.6 Å². The van der Waals surface area contributed by atoms with E-state index in [4.69, 9.17) is 4.98 Å². The summed E-state index contributed by atoms with van der Waals surface area (Å²) in [6, 6.07) is 9.49. The number of hydrogen-bond acceptors (Lipinski definition) is 5. The van der Waals surface area contributed by atoms with Crippen molar-refractivity contribution in [1.29, 1.82) is 0 Å². The van der Waals surface area contributed by atoms with E-state index in [9.17, 15) is 4.79 Å². The van der Waals surface area contributed by atoms with Gasteiger partial charge in [-0.05, 0) is 42.2 Å². The van der Waals surface area contributed by atoms with E-state index in [0.717, 1.165) is 16.5 Å². The van der Waals surface area contributed by atoms with Gasteiger partial charge in [0.1, 0.15) is 0 Å². The zero-order valence-electron chi connectivity index (χ0n) is 18.2.